The summed E-state index contributed by atoms with van der Waals surface area (Å²) in [5, 5.41) is 7.84. The Hall–Kier alpha value is -2.85. The van der Waals surface area contributed by atoms with Crippen LogP contribution in [0, 0.1) is 0 Å². The quantitative estimate of drug-likeness (QED) is 0.446. The highest BCUT2D eigenvalue weighted by atomic mass is 32.2. The zero-order valence-corrected chi connectivity index (χ0v) is 19.5. The molecular formula is C24H25N3O4S2. The lowest BCUT2D eigenvalue weighted by Gasteiger charge is -2.13. The van der Waals surface area contributed by atoms with Gasteiger partial charge in [0.2, 0.25) is 15.9 Å². The number of anilines is 1. The van der Waals surface area contributed by atoms with Gasteiger partial charge in [0.1, 0.15) is 0 Å². The van der Waals surface area contributed by atoms with Gasteiger partial charge in [-0.15, -0.1) is 0 Å². The number of hydrogen-bond acceptors (Lipinski definition) is 5. The van der Waals surface area contributed by atoms with Crippen LogP contribution in [0.1, 0.15) is 18.4 Å². The highest BCUT2D eigenvalue weighted by Gasteiger charge is 2.20. The van der Waals surface area contributed by atoms with Crippen LogP contribution >= 0.6 is 12.2 Å². The van der Waals surface area contributed by atoms with Crippen LogP contribution in [0.25, 0.3) is 10.8 Å². The number of rotatable bonds is 7. The van der Waals surface area contributed by atoms with E-state index in [0.29, 0.717) is 12.3 Å². The Morgan fingerprint density at radius 1 is 1.03 bits per heavy atom. The van der Waals surface area contributed by atoms with E-state index in [-0.39, 0.29) is 35.0 Å². The molecule has 0 aliphatic carbocycles. The number of amides is 1. The molecule has 3 aromatic carbocycles. The molecule has 1 atom stereocenters. The van der Waals surface area contributed by atoms with Crippen molar-refractivity contribution >= 4 is 49.7 Å². The van der Waals surface area contributed by atoms with Gasteiger partial charge in [-0.2, -0.15) is 0 Å². The Morgan fingerprint density at radius 3 is 2.55 bits per heavy atom. The molecule has 0 bridgehead atoms. The van der Waals surface area contributed by atoms with E-state index in [1.165, 1.54) is 12.1 Å². The molecule has 1 fully saturated rings. The summed E-state index contributed by atoms with van der Waals surface area (Å²) in [6, 6.07) is 19.9. The van der Waals surface area contributed by atoms with Crippen LogP contribution in [-0.2, 0) is 26.0 Å². The van der Waals surface area contributed by atoms with Gasteiger partial charge in [0.25, 0.3) is 0 Å². The zero-order valence-electron chi connectivity index (χ0n) is 17.9. The van der Waals surface area contributed by atoms with Crippen LogP contribution in [0.3, 0.4) is 0 Å². The molecule has 0 saturated carbocycles. The van der Waals surface area contributed by atoms with Crippen molar-refractivity contribution in [3.05, 3.63) is 72.3 Å². The van der Waals surface area contributed by atoms with E-state index in [1.54, 1.807) is 12.1 Å². The van der Waals surface area contributed by atoms with Crippen LogP contribution in [0.15, 0.2) is 71.6 Å². The molecule has 7 nitrogen and oxygen atoms in total. The Labute approximate surface area is 198 Å². The molecular weight excluding hydrogens is 458 g/mol. The first-order chi connectivity index (χ1) is 15.9. The van der Waals surface area contributed by atoms with Crippen molar-refractivity contribution in [1.82, 2.24) is 10.0 Å². The van der Waals surface area contributed by atoms with Crippen molar-refractivity contribution in [2.45, 2.75) is 30.3 Å². The third-order valence-corrected chi connectivity index (χ3v) is 7.07. The molecule has 1 aliphatic heterocycles. The van der Waals surface area contributed by atoms with Gasteiger partial charge in [0, 0.05) is 18.8 Å². The molecule has 33 heavy (non-hydrogen) atoms. The minimum atomic E-state index is -3.62. The fourth-order valence-electron chi connectivity index (χ4n) is 3.76. The molecule has 1 unspecified atom stereocenters. The SMILES string of the molecule is O=C(Cc1cccc2ccccc12)NC(=S)Nc1ccc(S(=O)(=O)NCC2CCCO2)cc1. The molecule has 172 valence electrons. The van der Waals surface area contributed by atoms with E-state index in [4.69, 9.17) is 17.0 Å². The number of sulfonamides is 1. The number of fused-ring (bicyclic) bond motifs is 1. The van der Waals surface area contributed by atoms with Crippen LogP contribution in [-0.4, -0.2) is 38.7 Å². The molecule has 0 radical (unpaired) electrons. The molecule has 1 amide bonds. The van der Waals surface area contributed by atoms with Gasteiger partial charge in [-0.1, -0.05) is 42.5 Å². The standard InChI is InChI=1S/C24H25N3O4S2/c28-23(15-18-7-3-6-17-5-1-2-9-22(17)18)27-24(32)26-19-10-12-21(13-11-19)33(29,30)25-16-20-8-4-14-31-20/h1-3,5-7,9-13,20,25H,4,8,14-16H2,(H2,26,27,28,32). The molecule has 1 saturated heterocycles. The fraction of sp³-hybridized carbons (Fsp3) is 0.250. The highest BCUT2D eigenvalue weighted by Crippen LogP contribution is 2.19. The van der Waals surface area contributed by atoms with Crippen molar-refractivity contribution in [3.8, 4) is 0 Å². The largest absolute Gasteiger partial charge is 0.377 e. The van der Waals surface area contributed by atoms with Crippen molar-refractivity contribution < 1.29 is 17.9 Å². The summed E-state index contributed by atoms with van der Waals surface area (Å²) < 4.78 is 33.0. The van der Waals surface area contributed by atoms with Gasteiger partial charge in [-0.05, 0) is 65.7 Å². The van der Waals surface area contributed by atoms with Gasteiger partial charge < -0.3 is 15.4 Å². The maximum atomic E-state index is 12.5. The van der Waals surface area contributed by atoms with Crippen LogP contribution < -0.4 is 15.4 Å². The summed E-state index contributed by atoms with van der Waals surface area (Å²) in [7, 11) is -3.62. The number of carbonyl (C=O) groups is 1. The van der Waals surface area contributed by atoms with Crippen molar-refractivity contribution in [1.29, 1.82) is 0 Å². The summed E-state index contributed by atoms with van der Waals surface area (Å²) in [5.74, 6) is -0.235. The lowest BCUT2D eigenvalue weighted by atomic mass is 10.0. The van der Waals surface area contributed by atoms with E-state index in [1.807, 2.05) is 42.5 Å². The summed E-state index contributed by atoms with van der Waals surface area (Å²) in [6.45, 7) is 0.931. The molecule has 3 N–H and O–H groups in total. The number of thiocarbonyl (C=S) groups is 1. The van der Waals surface area contributed by atoms with Crippen molar-refractivity contribution in [3.63, 3.8) is 0 Å². The zero-order chi connectivity index (χ0) is 23.3. The third-order valence-electron chi connectivity index (χ3n) is 5.43. The number of nitrogens with one attached hydrogen (secondary N) is 3. The molecule has 9 heteroatoms. The predicted octanol–water partition coefficient (Wildman–Crippen LogP) is 3.35. The molecule has 1 heterocycles. The number of ether oxygens (including phenoxy) is 1. The monoisotopic (exact) mass is 483 g/mol. The van der Waals surface area contributed by atoms with Gasteiger partial charge >= 0.3 is 0 Å². The number of carbonyl (C=O) groups excluding carboxylic acids is 1. The first kappa shape index (κ1) is 23.3. The van der Waals surface area contributed by atoms with Gasteiger partial charge in [0.15, 0.2) is 5.11 Å². The van der Waals surface area contributed by atoms with Crippen LogP contribution in [0.2, 0.25) is 0 Å². The van der Waals surface area contributed by atoms with Gasteiger partial charge in [0.05, 0.1) is 17.4 Å². The lowest BCUT2D eigenvalue weighted by Crippen LogP contribution is -2.35. The number of hydrogen-bond donors (Lipinski definition) is 3. The highest BCUT2D eigenvalue weighted by molar-refractivity contribution is 7.89. The van der Waals surface area contributed by atoms with Crippen molar-refractivity contribution in [2.75, 3.05) is 18.5 Å². The molecule has 4 rings (SSSR count). The second-order valence-electron chi connectivity index (χ2n) is 7.83. The van der Waals surface area contributed by atoms with E-state index in [9.17, 15) is 13.2 Å². The topological polar surface area (TPSA) is 96.5 Å². The Morgan fingerprint density at radius 2 is 1.79 bits per heavy atom. The molecule has 0 aromatic heterocycles. The van der Waals surface area contributed by atoms with Gasteiger partial charge in [-0.3, -0.25) is 4.79 Å². The average molecular weight is 484 g/mol. The summed E-state index contributed by atoms with van der Waals surface area (Å²) >= 11 is 5.25. The smallest absolute Gasteiger partial charge is 0.240 e. The molecule has 3 aromatic rings. The summed E-state index contributed by atoms with van der Waals surface area (Å²) in [4.78, 5) is 12.6. The first-order valence-electron chi connectivity index (χ1n) is 10.7. The van der Waals surface area contributed by atoms with Gasteiger partial charge in [-0.25, -0.2) is 13.1 Å². The normalized spacial score (nSPS) is 15.9. The second kappa shape index (κ2) is 10.4. The minimum absolute atomic E-state index is 0.0735. The average Bonchev–Trinajstić information content (AvgIpc) is 3.32. The minimum Gasteiger partial charge on any atom is -0.377 e. The first-order valence-corrected chi connectivity index (χ1v) is 12.6. The molecule has 1 aliphatic rings. The Kier molecular flexibility index (Phi) is 7.34. The fourth-order valence-corrected chi connectivity index (χ4v) is 5.06. The van der Waals surface area contributed by atoms with E-state index in [2.05, 4.69) is 15.4 Å². The van der Waals surface area contributed by atoms with E-state index < -0.39 is 10.0 Å². The summed E-state index contributed by atoms with van der Waals surface area (Å²) in [6.07, 6.45) is 1.92. The summed E-state index contributed by atoms with van der Waals surface area (Å²) in [5.41, 5.74) is 1.49. The second-order valence-corrected chi connectivity index (χ2v) is 10.0. The van der Waals surface area contributed by atoms with Crippen LogP contribution in [0.5, 0.6) is 0 Å². The van der Waals surface area contributed by atoms with E-state index >= 15 is 0 Å². The third kappa shape index (κ3) is 6.14. The lowest BCUT2D eigenvalue weighted by molar-refractivity contribution is -0.119. The van der Waals surface area contributed by atoms with Crippen molar-refractivity contribution in [2.24, 2.45) is 0 Å². The number of benzene rings is 3. The predicted molar refractivity (Wildman–Crippen MR) is 133 cm³/mol. The Bertz CT molecular complexity index is 1250. The van der Waals surface area contributed by atoms with Crippen LogP contribution in [0.4, 0.5) is 5.69 Å². The Balaban J connectivity index is 1.31. The molecule has 0 spiro atoms. The maximum absolute atomic E-state index is 12.5. The van der Waals surface area contributed by atoms with E-state index in [0.717, 1.165) is 29.2 Å². The maximum Gasteiger partial charge on any atom is 0.240 e.